The Labute approximate surface area is 95.2 Å². The van der Waals surface area contributed by atoms with E-state index in [0.717, 1.165) is 17.1 Å². The van der Waals surface area contributed by atoms with Crippen LogP contribution in [0.4, 0.5) is 11.8 Å². The Balaban J connectivity index is 1.94. The Kier molecular flexibility index (Phi) is 3.12. The van der Waals surface area contributed by atoms with E-state index in [4.69, 9.17) is 5.73 Å². The maximum Gasteiger partial charge on any atom is 0.225 e. The van der Waals surface area contributed by atoms with Crippen molar-refractivity contribution in [2.75, 3.05) is 29.1 Å². The number of hydrogen-bond acceptors (Lipinski definition) is 5. The summed E-state index contributed by atoms with van der Waals surface area (Å²) in [5.41, 5.74) is 5.59. The van der Waals surface area contributed by atoms with Crippen LogP contribution in [0.2, 0.25) is 0 Å². The number of halogens is 1. The van der Waals surface area contributed by atoms with Gasteiger partial charge >= 0.3 is 0 Å². The maximum atomic E-state index is 5.59. The van der Waals surface area contributed by atoms with Gasteiger partial charge in [0.2, 0.25) is 5.95 Å². The lowest BCUT2D eigenvalue weighted by Crippen LogP contribution is -2.26. The first kappa shape index (κ1) is 10.0. The van der Waals surface area contributed by atoms with E-state index in [2.05, 4.69) is 31.2 Å². The van der Waals surface area contributed by atoms with E-state index in [-0.39, 0.29) is 0 Å². The van der Waals surface area contributed by atoms with Crippen LogP contribution < -0.4 is 11.1 Å². The van der Waals surface area contributed by atoms with E-state index >= 15 is 0 Å². The largest absolute Gasteiger partial charge is 0.383 e. The smallest absolute Gasteiger partial charge is 0.225 e. The van der Waals surface area contributed by atoms with Gasteiger partial charge in [0.05, 0.1) is 0 Å². The highest BCUT2D eigenvalue weighted by atomic mass is 79.9. The van der Waals surface area contributed by atoms with Crippen molar-refractivity contribution < 1.29 is 0 Å². The van der Waals surface area contributed by atoms with Gasteiger partial charge in [-0.3, -0.25) is 0 Å². The number of anilines is 2. The molecular weight excluding hydrogens is 264 g/mol. The number of aromatic nitrogens is 2. The molecule has 0 aliphatic carbocycles. The molecule has 0 amide bonds. The molecule has 2 rings (SSSR count). The molecule has 1 aliphatic rings. The summed E-state index contributed by atoms with van der Waals surface area (Å²) in [6.07, 6.45) is 0. The molecule has 1 fully saturated rings. The Hall–Kier alpha value is -0.490. The van der Waals surface area contributed by atoms with Crippen molar-refractivity contribution >= 4 is 39.5 Å². The minimum Gasteiger partial charge on any atom is -0.383 e. The summed E-state index contributed by atoms with van der Waals surface area (Å²) in [7, 11) is 0. The highest BCUT2D eigenvalue weighted by molar-refractivity contribution is 9.10. The first-order chi connectivity index (χ1) is 6.74. The molecule has 0 saturated carbocycles. The Morgan fingerprint density at radius 2 is 2.36 bits per heavy atom. The van der Waals surface area contributed by atoms with Gasteiger partial charge in [-0.15, -0.1) is 0 Å². The second-order valence-corrected chi connectivity index (χ2v) is 5.11. The molecular formula is C8H11BrN4S. The predicted octanol–water partition coefficient (Wildman–Crippen LogP) is 1.60. The van der Waals surface area contributed by atoms with Gasteiger partial charge in [0.25, 0.3) is 0 Å². The molecule has 0 atom stereocenters. The van der Waals surface area contributed by atoms with Crippen molar-refractivity contribution in [1.82, 2.24) is 9.97 Å². The van der Waals surface area contributed by atoms with E-state index in [0.29, 0.717) is 11.8 Å². The van der Waals surface area contributed by atoms with Crippen LogP contribution in [-0.2, 0) is 0 Å². The van der Waals surface area contributed by atoms with E-state index in [1.807, 2.05) is 11.8 Å². The van der Waals surface area contributed by atoms with Gasteiger partial charge in [-0.1, -0.05) is 0 Å². The van der Waals surface area contributed by atoms with Crippen LogP contribution in [-0.4, -0.2) is 28.0 Å². The third-order valence-corrected chi connectivity index (χ3v) is 3.79. The normalized spacial score (nSPS) is 16.4. The molecule has 0 aromatic carbocycles. The van der Waals surface area contributed by atoms with E-state index in [1.165, 1.54) is 11.5 Å². The van der Waals surface area contributed by atoms with E-state index in [1.54, 1.807) is 6.07 Å². The number of rotatable bonds is 3. The van der Waals surface area contributed by atoms with Gasteiger partial charge in [-0.05, 0) is 33.4 Å². The summed E-state index contributed by atoms with van der Waals surface area (Å²) in [6, 6.07) is 1.68. The molecule has 2 heterocycles. The van der Waals surface area contributed by atoms with Gasteiger partial charge in [0, 0.05) is 12.6 Å². The molecule has 1 aromatic rings. The Morgan fingerprint density at radius 1 is 1.57 bits per heavy atom. The zero-order chi connectivity index (χ0) is 9.97. The average Bonchev–Trinajstić information content (AvgIpc) is 1.99. The Morgan fingerprint density at radius 3 is 2.93 bits per heavy atom. The summed E-state index contributed by atoms with van der Waals surface area (Å²) in [4.78, 5) is 8.26. The van der Waals surface area contributed by atoms with E-state index < -0.39 is 0 Å². The second kappa shape index (κ2) is 4.35. The fraction of sp³-hybridized carbons (Fsp3) is 0.500. The van der Waals surface area contributed by atoms with Crippen LogP contribution in [0.1, 0.15) is 0 Å². The Bertz CT molecular complexity index is 309. The lowest BCUT2D eigenvalue weighted by molar-refractivity contribution is 0.673. The lowest BCUT2D eigenvalue weighted by Gasteiger charge is -2.24. The fourth-order valence-corrected chi connectivity index (χ4v) is 2.36. The van der Waals surface area contributed by atoms with Crippen LogP contribution in [0, 0.1) is 5.92 Å². The van der Waals surface area contributed by atoms with Crippen LogP contribution in [0.5, 0.6) is 0 Å². The number of nitrogen functional groups attached to an aromatic ring is 1. The molecule has 3 N–H and O–H groups in total. The summed E-state index contributed by atoms with van der Waals surface area (Å²) in [5.74, 6) is 4.31. The monoisotopic (exact) mass is 274 g/mol. The fourth-order valence-electron chi connectivity index (χ4n) is 1.15. The molecule has 0 bridgehead atoms. The van der Waals surface area contributed by atoms with Crippen LogP contribution in [0.3, 0.4) is 0 Å². The van der Waals surface area contributed by atoms with Crippen molar-refractivity contribution in [3.8, 4) is 0 Å². The summed E-state index contributed by atoms with van der Waals surface area (Å²) < 4.78 is 0.718. The zero-order valence-corrected chi connectivity index (χ0v) is 9.94. The molecule has 1 aromatic heterocycles. The third kappa shape index (κ3) is 2.51. The number of nitrogens with zero attached hydrogens (tertiary/aromatic N) is 2. The van der Waals surface area contributed by atoms with Crippen molar-refractivity contribution in [3.63, 3.8) is 0 Å². The first-order valence-electron chi connectivity index (χ1n) is 4.36. The molecule has 4 nitrogen and oxygen atoms in total. The van der Waals surface area contributed by atoms with Gasteiger partial charge in [0.15, 0.2) is 0 Å². The van der Waals surface area contributed by atoms with Crippen LogP contribution >= 0.6 is 27.7 Å². The summed E-state index contributed by atoms with van der Waals surface area (Å²) in [6.45, 7) is 0.933. The highest BCUT2D eigenvalue weighted by Gasteiger charge is 2.17. The van der Waals surface area contributed by atoms with Crippen molar-refractivity contribution in [3.05, 3.63) is 10.7 Å². The van der Waals surface area contributed by atoms with Crippen LogP contribution in [0.25, 0.3) is 0 Å². The third-order valence-electron chi connectivity index (χ3n) is 1.97. The maximum absolute atomic E-state index is 5.59. The topological polar surface area (TPSA) is 63.8 Å². The standard InChI is InChI=1S/C8H11BrN4S/c9-6-1-7(10)13-8(12-6)11-2-5-3-14-4-5/h1,5H,2-4H2,(H3,10,11,12,13). The predicted molar refractivity (Wildman–Crippen MR) is 63.4 cm³/mol. The molecule has 6 heteroatoms. The molecule has 1 saturated heterocycles. The van der Waals surface area contributed by atoms with E-state index in [9.17, 15) is 0 Å². The van der Waals surface area contributed by atoms with Crippen molar-refractivity contribution in [1.29, 1.82) is 0 Å². The van der Waals surface area contributed by atoms with Crippen molar-refractivity contribution in [2.24, 2.45) is 5.92 Å². The van der Waals surface area contributed by atoms with Gasteiger partial charge in [-0.25, -0.2) is 4.98 Å². The number of nitrogens with two attached hydrogens (primary N) is 1. The molecule has 14 heavy (non-hydrogen) atoms. The zero-order valence-electron chi connectivity index (χ0n) is 7.53. The highest BCUT2D eigenvalue weighted by Crippen LogP contribution is 2.24. The van der Waals surface area contributed by atoms with Gasteiger partial charge in [0.1, 0.15) is 10.4 Å². The molecule has 76 valence electrons. The minimum atomic E-state index is 0.484. The SMILES string of the molecule is Nc1cc(Br)nc(NCC2CSC2)n1. The average molecular weight is 275 g/mol. The molecule has 0 spiro atoms. The van der Waals surface area contributed by atoms with Crippen LogP contribution in [0.15, 0.2) is 10.7 Å². The summed E-state index contributed by atoms with van der Waals surface area (Å²) in [5, 5.41) is 3.18. The molecule has 0 radical (unpaired) electrons. The second-order valence-electron chi connectivity index (χ2n) is 3.22. The first-order valence-corrected chi connectivity index (χ1v) is 6.30. The van der Waals surface area contributed by atoms with Crippen molar-refractivity contribution in [2.45, 2.75) is 0 Å². The molecule has 0 unspecified atom stereocenters. The molecule has 1 aliphatic heterocycles. The quantitative estimate of drug-likeness (QED) is 0.820. The van der Waals surface area contributed by atoms with Gasteiger partial charge < -0.3 is 11.1 Å². The summed E-state index contributed by atoms with van der Waals surface area (Å²) >= 11 is 5.25. The van der Waals surface area contributed by atoms with Gasteiger partial charge in [-0.2, -0.15) is 16.7 Å². The number of thioether (sulfide) groups is 1. The number of nitrogens with one attached hydrogen (secondary N) is 1. The lowest BCUT2D eigenvalue weighted by atomic mass is 10.2. The minimum absolute atomic E-state index is 0.484. The number of hydrogen-bond donors (Lipinski definition) is 2.